The molecular weight excluding hydrogens is 264 g/mol. The van der Waals surface area contributed by atoms with Gasteiger partial charge in [-0.1, -0.05) is 0 Å². The first-order valence-electron chi connectivity index (χ1n) is 6.74. The topological polar surface area (TPSA) is 53.3 Å². The standard InChI is InChI=1S/C16H18N4O/c1-19(2)12-6-4-11(5-7-12)17-16-18-14-10-13(21)8-9-15(14)20(16)3/h4-10,21H,1-3H3,(H,17,18). The first-order valence-corrected chi connectivity index (χ1v) is 6.74. The van der Waals surface area contributed by atoms with E-state index < -0.39 is 0 Å². The molecule has 0 atom stereocenters. The minimum Gasteiger partial charge on any atom is -0.508 e. The molecule has 3 aromatic rings. The van der Waals surface area contributed by atoms with Gasteiger partial charge >= 0.3 is 0 Å². The van der Waals surface area contributed by atoms with Crippen LogP contribution in [0, 0.1) is 0 Å². The number of hydrogen-bond acceptors (Lipinski definition) is 4. The highest BCUT2D eigenvalue weighted by molar-refractivity contribution is 5.81. The number of nitrogens with zero attached hydrogens (tertiary/aromatic N) is 3. The van der Waals surface area contributed by atoms with Crippen molar-refractivity contribution in [2.24, 2.45) is 7.05 Å². The van der Waals surface area contributed by atoms with Crippen LogP contribution in [0.1, 0.15) is 0 Å². The van der Waals surface area contributed by atoms with Gasteiger partial charge < -0.3 is 19.9 Å². The molecule has 0 aliphatic carbocycles. The van der Waals surface area contributed by atoms with Crippen LogP contribution in [0.15, 0.2) is 42.5 Å². The maximum Gasteiger partial charge on any atom is 0.208 e. The van der Waals surface area contributed by atoms with E-state index in [0.29, 0.717) is 0 Å². The van der Waals surface area contributed by atoms with Crippen LogP contribution in [0.2, 0.25) is 0 Å². The zero-order valence-corrected chi connectivity index (χ0v) is 12.3. The summed E-state index contributed by atoms with van der Waals surface area (Å²) in [5, 5.41) is 12.8. The molecule has 0 saturated heterocycles. The van der Waals surface area contributed by atoms with Crippen LogP contribution in [0.3, 0.4) is 0 Å². The monoisotopic (exact) mass is 282 g/mol. The second-order valence-electron chi connectivity index (χ2n) is 5.23. The van der Waals surface area contributed by atoms with E-state index in [0.717, 1.165) is 28.4 Å². The average Bonchev–Trinajstić information content (AvgIpc) is 2.75. The Kier molecular flexibility index (Phi) is 3.17. The predicted molar refractivity (Wildman–Crippen MR) is 86.4 cm³/mol. The van der Waals surface area contributed by atoms with Crippen molar-refractivity contribution in [3.05, 3.63) is 42.5 Å². The summed E-state index contributed by atoms with van der Waals surface area (Å²) in [6.45, 7) is 0. The lowest BCUT2D eigenvalue weighted by molar-refractivity contribution is 0.476. The summed E-state index contributed by atoms with van der Waals surface area (Å²) in [4.78, 5) is 6.56. The fraction of sp³-hybridized carbons (Fsp3) is 0.188. The van der Waals surface area contributed by atoms with Crippen LogP contribution in [-0.2, 0) is 7.05 Å². The second kappa shape index (κ2) is 5.01. The highest BCUT2D eigenvalue weighted by Crippen LogP contribution is 2.25. The third-order valence-electron chi connectivity index (χ3n) is 3.50. The molecule has 5 nitrogen and oxygen atoms in total. The zero-order valence-electron chi connectivity index (χ0n) is 12.3. The Morgan fingerprint density at radius 2 is 1.81 bits per heavy atom. The summed E-state index contributed by atoms with van der Waals surface area (Å²) < 4.78 is 1.97. The molecule has 2 aromatic carbocycles. The van der Waals surface area contributed by atoms with E-state index in [4.69, 9.17) is 0 Å². The van der Waals surface area contributed by atoms with E-state index in [-0.39, 0.29) is 5.75 Å². The third kappa shape index (κ3) is 2.50. The van der Waals surface area contributed by atoms with Gasteiger partial charge in [-0.25, -0.2) is 4.98 Å². The molecule has 0 spiro atoms. The van der Waals surface area contributed by atoms with Gasteiger partial charge in [0.2, 0.25) is 5.95 Å². The van der Waals surface area contributed by atoms with Crippen molar-refractivity contribution in [1.82, 2.24) is 9.55 Å². The molecule has 2 N–H and O–H groups in total. The fourth-order valence-electron chi connectivity index (χ4n) is 2.27. The SMILES string of the molecule is CN(C)c1ccc(Nc2nc3cc(O)ccc3n2C)cc1. The quantitative estimate of drug-likeness (QED) is 0.775. The molecule has 1 heterocycles. The van der Waals surface area contributed by atoms with Crippen LogP contribution < -0.4 is 10.2 Å². The highest BCUT2D eigenvalue weighted by Gasteiger charge is 2.08. The molecule has 0 unspecified atom stereocenters. The zero-order chi connectivity index (χ0) is 15.0. The second-order valence-corrected chi connectivity index (χ2v) is 5.23. The van der Waals surface area contributed by atoms with Crippen molar-refractivity contribution in [2.45, 2.75) is 0 Å². The Bertz CT molecular complexity index is 775. The summed E-state index contributed by atoms with van der Waals surface area (Å²) in [5.41, 5.74) is 3.86. The van der Waals surface area contributed by atoms with Crippen molar-refractivity contribution in [3.63, 3.8) is 0 Å². The summed E-state index contributed by atoms with van der Waals surface area (Å²) in [5.74, 6) is 0.968. The van der Waals surface area contributed by atoms with E-state index in [1.165, 1.54) is 0 Å². The first-order chi connectivity index (χ1) is 10.0. The van der Waals surface area contributed by atoms with Crippen molar-refractivity contribution >= 4 is 28.4 Å². The number of rotatable bonds is 3. The minimum atomic E-state index is 0.225. The van der Waals surface area contributed by atoms with Crippen LogP contribution in [0.5, 0.6) is 5.75 Å². The highest BCUT2D eigenvalue weighted by atomic mass is 16.3. The van der Waals surface area contributed by atoms with E-state index in [1.807, 2.05) is 43.9 Å². The first kappa shape index (κ1) is 13.3. The summed E-state index contributed by atoms with van der Waals surface area (Å²) in [7, 11) is 5.98. The number of aryl methyl sites for hydroxylation is 1. The lowest BCUT2D eigenvalue weighted by Gasteiger charge is -2.13. The van der Waals surface area contributed by atoms with Gasteiger partial charge in [0.1, 0.15) is 5.75 Å². The number of nitrogens with one attached hydrogen (secondary N) is 1. The number of phenolic OH excluding ortho intramolecular Hbond substituents is 1. The van der Waals surface area contributed by atoms with Crippen molar-refractivity contribution in [3.8, 4) is 5.75 Å². The predicted octanol–water partition coefficient (Wildman–Crippen LogP) is 3.09. The van der Waals surface area contributed by atoms with Gasteiger partial charge in [-0.15, -0.1) is 0 Å². The molecule has 5 heteroatoms. The van der Waals surface area contributed by atoms with E-state index >= 15 is 0 Å². The van der Waals surface area contributed by atoms with Crippen LogP contribution >= 0.6 is 0 Å². The Hall–Kier alpha value is -2.69. The van der Waals surface area contributed by atoms with Gasteiger partial charge in [0.05, 0.1) is 11.0 Å². The van der Waals surface area contributed by atoms with Gasteiger partial charge in [0.25, 0.3) is 0 Å². The number of fused-ring (bicyclic) bond motifs is 1. The number of aromatic hydroxyl groups is 1. The molecule has 0 bridgehead atoms. The van der Waals surface area contributed by atoms with Crippen molar-refractivity contribution in [2.75, 3.05) is 24.3 Å². The maximum atomic E-state index is 9.53. The summed E-state index contributed by atoms with van der Waals surface area (Å²) in [6.07, 6.45) is 0. The van der Waals surface area contributed by atoms with E-state index in [2.05, 4.69) is 27.3 Å². The molecule has 1 aromatic heterocycles. The number of anilines is 3. The number of phenols is 1. The molecule has 0 amide bonds. The summed E-state index contributed by atoms with van der Waals surface area (Å²) >= 11 is 0. The molecule has 0 aliphatic rings. The van der Waals surface area contributed by atoms with Gasteiger partial charge in [0, 0.05) is 38.6 Å². The Labute approximate surface area is 123 Å². The molecule has 0 aliphatic heterocycles. The molecule has 0 radical (unpaired) electrons. The molecule has 21 heavy (non-hydrogen) atoms. The summed E-state index contributed by atoms with van der Waals surface area (Å²) in [6, 6.07) is 13.3. The number of imidazole rings is 1. The molecule has 108 valence electrons. The lowest BCUT2D eigenvalue weighted by Crippen LogP contribution is -2.08. The molecule has 0 saturated carbocycles. The molecule has 0 fully saturated rings. The van der Waals surface area contributed by atoms with E-state index in [9.17, 15) is 5.11 Å². The number of benzene rings is 2. The van der Waals surface area contributed by atoms with Crippen LogP contribution in [0.4, 0.5) is 17.3 Å². The van der Waals surface area contributed by atoms with E-state index in [1.54, 1.807) is 12.1 Å². The van der Waals surface area contributed by atoms with Crippen molar-refractivity contribution in [1.29, 1.82) is 0 Å². The molecular formula is C16H18N4O. The fourth-order valence-corrected chi connectivity index (χ4v) is 2.27. The van der Waals surface area contributed by atoms with Gasteiger partial charge in [-0.05, 0) is 36.4 Å². The lowest BCUT2D eigenvalue weighted by atomic mass is 10.2. The third-order valence-corrected chi connectivity index (χ3v) is 3.50. The van der Waals surface area contributed by atoms with Crippen LogP contribution in [-0.4, -0.2) is 28.8 Å². The number of aromatic nitrogens is 2. The van der Waals surface area contributed by atoms with Gasteiger partial charge in [-0.2, -0.15) is 0 Å². The largest absolute Gasteiger partial charge is 0.508 e. The normalized spacial score (nSPS) is 10.8. The van der Waals surface area contributed by atoms with Crippen molar-refractivity contribution < 1.29 is 5.11 Å². The molecule has 3 rings (SSSR count). The van der Waals surface area contributed by atoms with Crippen LogP contribution in [0.25, 0.3) is 11.0 Å². The number of hydrogen-bond donors (Lipinski definition) is 2. The average molecular weight is 282 g/mol. The van der Waals surface area contributed by atoms with Gasteiger partial charge in [0.15, 0.2) is 0 Å². The van der Waals surface area contributed by atoms with Gasteiger partial charge in [-0.3, -0.25) is 0 Å². The smallest absolute Gasteiger partial charge is 0.208 e. The Morgan fingerprint density at radius 1 is 1.10 bits per heavy atom. The Morgan fingerprint density at radius 3 is 2.48 bits per heavy atom. The maximum absolute atomic E-state index is 9.53. The Balaban J connectivity index is 1.92. The minimum absolute atomic E-state index is 0.225.